The first-order chi connectivity index (χ1) is 7.84. The van der Waals surface area contributed by atoms with Crippen molar-refractivity contribution in [2.24, 2.45) is 0 Å². The van der Waals surface area contributed by atoms with Gasteiger partial charge in [0.05, 0.1) is 0 Å². The van der Waals surface area contributed by atoms with E-state index in [1.54, 1.807) is 12.1 Å². The molecular formula is C13H9ClN2. The molecule has 2 aromatic rings. The van der Waals surface area contributed by atoms with Crippen LogP contribution in [0.4, 0.5) is 5.69 Å². The van der Waals surface area contributed by atoms with Crippen molar-refractivity contribution in [3.8, 4) is 6.07 Å². The Balaban J connectivity index is 2.03. The highest BCUT2D eigenvalue weighted by atomic mass is 35.5. The number of hydrogen-bond acceptors (Lipinski definition) is 0. The molecule has 0 heterocycles. The van der Waals surface area contributed by atoms with Crippen LogP contribution in [-0.2, 0) is 0 Å². The zero-order valence-corrected chi connectivity index (χ0v) is 9.22. The molecule has 0 aliphatic rings. The molecule has 0 aliphatic carbocycles. The summed E-state index contributed by atoms with van der Waals surface area (Å²) in [7, 11) is 0. The van der Waals surface area contributed by atoms with Gasteiger partial charge in [0.1, 0.15) is 5.56 Å². The molecule has 0 bridgehead atoms. The van der Waals surface area contributed by atoms with Gasteiger partial charge >= 0.3 is 6.07 Å². The monoisotopic (exact) mass is 228 g/mol. The lowest BCUT2D eigenvalue weighted by Gasteiger charge is -1.97. The largest absolute Gasteiger partial charge is 0.309 e. The Morgan fingerprint density at radius 3 is 2.31 bits per heavy atom. The summed E-state index contributed by atoms with van der Waals surface area (Å²) in [6.45, 7) is 0. The molecule has 3 heteroatoms. The smallest absolute Gasteiger partial charge is 0.278 e. The third-order valence-corrected chi connectivity index (χ3v) is 2.20. The van der Waals surface area contributed by atoms with Gasteiger partial charge in [-0.25, -0.2) is 0 Å². The molecule has 0 amide bonds. The first kappa shape index (κ1) is 10.5. The molecule has 2 aromatic carbocycles. The van der Waals surface area contributed by atoms with Gasteiger partial charge in [-0.05, 0) is 24.3 Å². The van der Waals surface area contributed by atoms with Gasteiger partial charge in [-0.1, -0.05) is 52.6 Å². The van der Waals surface area contributed by atoms with E-state index in [4.69, 9.17) is 11.6 Å². The molecule has 0 radical (unpaired) electrons. The quantitative estimate of drug-likeness (QED) is 0.633. The Bertz CT molecular complexity index is 509. The first-order valence-electron chi connectivity index (χ1n) is 4.82. The average molecular weight is 229 g/mol. The van der Waals surface area contributed by atoms with Crippen molar-refractivity contribution in [3.63, 3.8) is 0 Å². The van der Waals surface area contributed by atoms with Gasteiger partial charge in [-0.15, -0.1) is 0 Å². The summed E-state index contributed by atoms with van der Waals surface area (Å²) in [5.74, 6) is 0. The van der Waals surface area contributed by atoms with Crippen LogP contribution in [0.3, 0.4) is 0 Å². The van der Waals surface area contributed by atoms with E-state index >= 15 is 0 Å². The predicted octanol–water partition coefficient (Wildman–Crippen LogP) is 4.64. The third-order valence-electron chi connectivity index (χ3n) is 1.94. The van der Waals surface area contributed by atoms with Crippen LogP contribution < -0.4 is 0 Å². The van der Waals surface area contributed by atoms with E-state index in [9.17, 15) is 0 Å². The standard InChI is InChI=1S/C13H9ClN2/c14-12-8-6-11(7-9-12)10-15-16-13-4-2-1-3-5-13/h1-9H. The van der Waals surface area contributed by atoms with E-state index in [0.29, 0.717) is 5.02 Å². The molecule has 0 saturated carbocycles. The number of hydrogen-bond donors (Lipinski definition) is 0. The second-order valence-electron chi connectivity index (χ2n) is 3.15. The van der Waals surface area contributed by atoms with Crippen LogP contribution in [0.25, 0.3) is 10.4 Å². The Kier molecular flexibility index (Phi) is 3.42. The number of rotatable bonds is 1. The Morgan fingerprint density at radius 1 is 0.938 bits per heavy atom. The second-order valence-corrected chi connectivity index (χ2v) is 3.59. The highest BCUT2D eigenvalue weighted by Gasteiger charge is 1.92. The van der Waals surface area contributed by atoms with Crippen LogP contribution in [0.1, 0.15) is 5.56 Å². The van der Waals surface area contributed by atoms with Gasteiger partial charge in [0.25, 0.3) is 0 Å². The van der Waals surface area contributed by atoms with E-state index in [1.165, 1.54) is 0 Å². The van der Waals surface area contributed by atoms with E-state index in [-0.39, 0.29) is 0 Å². The highest BCUT2D eigenvalue weighted by Crippen LogP contribution is 2.17. The zero-order valence-electron chi connectivity index (χ0n) is 8.47. The number of halogens is 1. The number of benzene rings is 2. The molecule has 0 saturated heterocycles. The van der Waals surface area contributed by atoms with E-state index in [0.717, 1.165) is 11.3 Å². The Hall–Kier alpha value is -1.98. The Labute approximate surface area is 99.3 Å². The molecule has 0 spiro atoms. The summed E-state index contributed by atoms with van der Waals surface area (Å²) >= 11 is 5.76. The van der Waals surface area contributed by atoms with Crippen molar-refractivity contribution < 1.29 is 0 Å². The van der Waals surface area contributed by atoms with Gasteiger partial charge in [0.15, 0.2) is 0 Å². The maximum Gasteiger partial charge on any atom is 0.309 e. The minimum atomic E-state index is 0.700. The zero-order chi connectivity index (χ0) is 11.2. The fourth-order valence-corrected chi connectivity index (χ4v) is 1.29. The SMILES string of the molecule is Clc1ccc(C#[N+][N-]c2ccccc2)cc1. The molecule has 0 unspecified atom stereocenters. The fraction of sp³-hybridized carbons (Fsp3) is 0. The summed E-state index contributed by atoms with van der Waals surface area (Å²) < 4.78 is 0. The topological polar surface area (TPSA) is 18.5 Å². The molecule has 0 N–H and O–H groups in total. The highest BCUT2D eigenvalue weighted by molar-refractivity contribution is 6.30. The molecule has 0 aromatic heterocycles. The van der Waals surface area contributed by atoms with Gasteiger partial charge in [0.2, 0.25) is 0 Å². The first-order valence-corrected chi connectivity index (χ1v) is 5.20. The summed E-state index contributed by atoms with van der Waals surface area (Å²) in [4.78, 5) is 3.87. The van der Waals surface area contributed by atoms with Gasteiger partial charge in [-0.3, -0.25) is 5.43 Å². The van der Waals surface area contributed by atoms with Gasteiger partial charge < -0.3 is 0 Å². The van der Waals surface area contributed by atoms with Crippen LogP contribution in [0, 0.1) is 6.07 Å². The second kappa shape index (κ2) is 5.20. The maximum atomic E-state index is 5.76. The summed E-state index contributed by atoms with van der Waals surface area (Å²) in [5, 5.41) is 0.700. The molecule has 78 valence electrons. The predicted molar refractivity (Wildman–Crippen MR) is 67.3 cm³/mol. The molecule has 2 rings (SSSR count). The summed E-state index contributed by atoms with van der Waals surface area (Å²) in [6.07, 6.45) is 0. The van der Waals surface area contributed by atoms with Crippen molar-refractivity contribution in [2.45, 2.75) is 0 Å². The van der Waals surface area contributed by atoms with Crippen molar-refractivity contribution in [2.75, 3.05) is 0 Å². The fourth-order valence-electron chi connectivity index (χ4n) is 1.16. The molecule has 0 aliphatic heterocycles. The lowest BCUT2D eigenvalue weighted by Crippen LogP contribution is -1.70. The van der Waals surface area contributed by atoms with Crippen LogP contribution in [0.5, 0.6) is 0 Å². The van der Waals surface area contributed by atoms with Gasteiger partial charge in [-0.2, -0.15) is 0 Å². The van der Waals surface area contributed by atoms with Crippen LogP contribution in [0.2, 0.25) is 5.02 Å². The molecule has 0 fully saturated rings. The molecule has 2 nitrogen and oxygen atoms in total. The lowest BCUT2D eigenvalue weighted by atomic mass is 10.2. The maximum absolute atomic E-state index is 5.76. The molecule has 16 heavy (non-hydrogen) atoms. The average Bonchev–Trinajstić information content (AvgIpc) is 2.33. The number of nitrogens with zero attached hydrogens (tertiary/aromatic N) is 2. The van der Waals surface area contributed by atoms with E-state index in [1.807, 2.05) is 42.5 Å². The molecular weight excluding hydrogens is 220 g/mol. The normalized spacial score (nSPS) is 9.06. The molecule has 0 atom stereocenters. The minimum Gasteiger partial charge on any atom is -0.278 e. The Morgan fingerprint density at radius 2 is 1.62 bits per heavy atom. The van der Waals surface area contributed by atoms with Crippen molar-refractivity contribution in [3.05, 3.63) is 75.6 Å². The van der Waals surface area contributed by atoms with Crippen molar-refractivity contribution >= 4 is 17.3 Å². The van der Waals surface area contributed by atoms with Crippen LogP contribution in [0.15, 0.2) is 54.6 Å². The van der Waals surface area contributed by atoms with Crippen molar-refractivity contribution in [1.29, 1.82) is 0 Å². The van der Waals surface area contributed by atoms with E-state index in [2.05, 4.69) is 16.4 Å². The summed E-state index contributed by atoms with van der Waals surface area (Å²) in [6, 6.07) is 19.6. The van der Waals surface area contributed by atoms with Crippen molar-refractivity contribution in [1.82, 2.24) is 0 Å². The van der Waals surface area contributed by atoms with Crippen LogP contribution >= 0.6 is 11.6 Å². The van der Waals surface area contributed by atoms with E-state index < -0.39 is 0 Å². The minimum absolute atomic E-state index is 0.700. The third kappa shape index (κ3) is 3.01. The summed E-state index contributed by atoms with van der Waals surface area (Å²) in [5.41, 5.74) is 5.67. The lowest BCUT2D eigenvalue weighted by molar-refractivity contribution is 1.62. The van der Waals surface area contributed by atoms with Crippen LogP contribution in [-0.4, -0.2) is 0 Å². The van der Waals surface area contributed by atoms with Gasteiger partial charge in [0, 0.05) is 5.02 Å².